The van der Waals surface area contributed by atoms with Crippen LogP contribution in [0.25, 0.3) is 0 Å². The van der Waals surface area contributed by atoms with Gasteiger partial charge in [-0.25, -0.2) is 0 Å². The van der Waals surface area contributed by atoms with Gasteiger partial charge in [-0.15, -0.1) is 0 Å². The normalized spacial score (nSPS) is 11.8. The Morgan fingerprint density at radius 2 is 1.68 bits per heavy atom. The molecule has 2 rings (SSSR count). The van der Waals surface area contributed by atoms with Gasteiger partial charge in [0.25, 0.3) is 5.91 Å². The van der Waals surface area contributed by atoms with E-state index in [-0.39, 0.29) is 18.2 Å². The lowest BCUT2D eigenvalue weighted by Crippen LogP contribution is -2.31. The van der Waals surface area contributed by atoms with Crippen LogP contribution in [0.15, 0.2) is 53.0 Å². The molecule has 0 bridgehead atoms. The van der Waals surface area contributed by atoms with Crippen molar-refractivity contribution in [3.05, 3.63) is 69.7 Å². The number of nitrogens with one attached hydrogen (secondary N) is 1. The van der Waals surface area contributed by atoms with Crippen molar-refractivity contribution < 1.29 is 14.7 Å². The van der Waals surface area contributed by atoms with Gasteiger partial charge in [0.15, 0.2) is 5.78 Å². The zero-order chi connectivity index (χ0) is 16.1. The Hall–Kier alpha value is -1.98. The number of ketones is 1. The van der Waals surface area contributed by atoms with Gasteiger partial charge in [-0.05, 0) is 37.3 Å². The molecule has 0 spiro atoms. The minimum absolute atomic E-state index is 0.139. The van der Waals surface area contributed by atoms with Gasteiger partial charge in [-0.2, -0.15) is 0 Å². The second-order valence-corrected chi connectivity index (χ2v) is 5.86. The highest BCUT2D eigenvalue weighted by atomic mass is 79.9. The lowest BCUT2D eigenvalue weighted by Gasteiger charge is -2.10. The van der Waals surface area contributed by atoms with E-state index in [9.17, 15) is 14.7 Å². The largest absolute Gasteiger partial charge is 0.392 e. The molecule has 0 aromatic heterocycles. The quantitative estimate of drug-likeness (QED) is 0.804. The summed E-state index contributed by atoms with van der Waals surface area (Å²) in [5.41, 5.74) is 1.16. The van der Waals surface area contributed by atoms with Crippen LogP contribution >= 0.6 is 15.9 Å². The fraction of sp³-hybridized carbons (Fsp3) is 0.176. The van der Waals surface area contributed by atoms with E-state index < -0.39 is 6.10 Å². The van der Waals surface area contributed by atoms with Crippen molar-refractivity contribution in [2.45, 2.75) is 13.0 Å². The first kappa shape index (κ1) is 16.4. The number of aliphatic hydroxyl groups is 1. The number of rotatable bonds is 5. The first-order chi connectivity index (χ1) is 10.5. The Morgan fingerprint density at radius 3 is 2.27 bits per heavy atom. The van der Waals surface area contributed by atoms with Crippen LogP contribution in [0.2, 0.25) is 0 Å². The van der Waals surface area contributed by atoms with E-state index in [2.05, 4.69) is 21.2 Å². The van der Waals surface area contributed by atoms with Crippen LogP contribution in [0.1, 0.15) is 33.2 Å². The third-order valence-electron chi connectivity index (χ3n) is 3.08. The fourth-order valence-electron chi connectivity index (χ4n) is 1.97. The predicted molar refractivity (Wildman–Crippen MR) is 88.0 cm³/mol. The molecule has 2 aromatic carbocycles. The number of carbonyl (C=O) groups is 2. The van der Waals surface area contributed by atoms with Crippen molar-refractivity contribution in [3.63, 3.8) is 0 Å². The number of benzene rings is 2. The van der Waals surface area contributed by atoms with Crippen molar-refractivity contribution >= 4 is 27.6 Å². The van der Waals surface area contributed by atoms with Gasteiger partial charge < -0.3 is 10.4 Å². The third kappa shape index (κ3) is 4.02. The van der Waals surface area contributed by atoms with Gasteiger partial charge in [0, 0.05) is 22.1 Å². The summed E-state index contributed by atoms with van der Waals surface area (Å²) in [6, 6.07) is 13.6. The second-order valence-electron chi connectivity index (χ2n) is 4.94. The minimum atomic E-state index is -0.640. The molecule has 114 valence electrons. The van der Waals surface area contributed by atoms with Gasteiger partial charge in [-0.1, -0.05) is 34.1 Å². The van der Waals surface area contributed by atoms with Crippen LogP contribution < -0.4 is 5.32 Å². The maximum absolute atomic E-state index is 12.6. The lowest BCUT2D eigenvalue weighted by atomic mass is 9.98. The number of halogens is 1. The zero-order valence-electron chi connectivity index (χ0n) is 12.0. The van der Waals surface area contributed by atoms with E-state index >= 15 is 0 Å². The minimum Gasteiger partial charge on any atom is -0.392 e. The summed E-state index contributed by atoms with van der Waals surface area (Å²) in [6.45, 7) is 1.72. The maximum Gasteiger partial charge on any atom is 0.252 e. The summed E-state index contributed by atoms with van der Waals surface area (Å²) in [5.74, 6) is -0.586. The summed E-state index contributed by atoms with van der Waals surface area (Å²) in [7, 11) is 0. The topological polar surface area (TPSA) is 66.4 Å². The summed E-state index contributed by atoms with van der Waals surface area (Å²) in [4.78, 5) is 24.8. The van der Waals surface area contributed by atoms with Crippen molar-refractivity contribution in [3.8, 4) is 0 Å². The number of amides is 1. The monoisotopic (exact) mass is 361 g/mol. The molecule has 0 aliphatic carbocycles. The Balaban J connectivity index is 2.29. The molecule has 0 radical (unpaired) electrons. The van der Waals surface area contributed by atoms with Gasteiger partial charge in [0.05, 0.1) is 11.7 Å². The second kappa shape index (κ2) is 7.33. The average Bonchev–Trinajstić information content (AvgIpc) is 2.52. The summed E-state index contributed by atoms with van der Waals surface area (Å²) in [6.07, 6.45) is -0.640. The molecule has 1 atom stereocenters. The Morgan fingerprint density at radius 1 is 1.09 bits per heavy atom. The molecule has 0 fully saturated rings. The van der Waals surface area contributed by atoms with Crippen LogP contribution in [0.3, 0.4) is 0 Å². The molecule has 5 heteroatoms. The van der Waals surface area contributed by atoms with Crippen LogP contribution in [0.4, 0.5) is 0 Å². The van der Waals surface area contributed by atoms with Gasteiger partial charge in [-0.3, -0.25) is 9.59 Å². The highest BCUT2D eigenvalue weighted by molar-refractivity contribution is 9.10. The Kier molecular flexibility index (Phi) is 5.46. The molecule has 1 unspecified atom stereocenters. The molecule has 0 aliphatic heterocycles. The molecule has 2 N–H and O–H groups in total. The third-order valence-corrected chi connectivity index (χ3v) is 3.61. The smallest absolute Gasteiger partial charge is 0.252 e. The molecule has 0 saturated carbocycles. The van der Waals surface area contributed by atoms with Crippen LogP contribution in [0.5, 0.6) is 0 Å². The molecule has 0 aliphatic rings. The SMILES string of the molecule is CC(O)CNC(=O)c1ccccc1C(=O)c1ccc(Br)cc1. The van der Waals surface area contributed by atoms with Crippen molar-refractivity contribution in [2.75, 3.05) is 6.54 Å². The van der Waals surface area contributed by atoms with E-state index in [0.29, 0.717) is 16.7 Å². The number of aliphatic hydroxyl groups excluding tert-OH is 1. The summed E-state index contributed by atoms with van der Waals surface area (Å²) < 4.78 is 0.881. The van der Waals surface area contributed by atoms with E-state index in [1.807, 2.05) is 0 Å². The summed E-state index contributed by atoms with van der Waals surface area (Å²) in [5, 5.41) is 11.9. The molecular formula is C17H16BrNO3. The lowest BCUT2D eigenvalue weighted by molar-refractivity contribution is 0.0915. The highest BCUT2D eigenvalue weighted by Gasteiger charge is 2.18. The molecule has 0 saturated heterocycles. The van der Waals surface area contributed by atoms with Gasteiger partial charge >= 0.3 is 0 Å². The van der Waals surface area contributed by atoms with Crippen molar-refractivity contribution in [1.82, 2.24) is 5.32 Å². The molecule has 4 nitrogen and oxygen atoms in total. The van der Waals surface area contributed by atoms with E-state index in [4.69, 9.17) is 0 Å². The van der Waals surface area contributed by atoms with E-state index in [1.54, 1.807) is 55.5 Å². The predicted octanol–water partition coefficient (Wildman–Crippen LogP) is 2.79. The first-order valence-corrected chi connectivity index (χ1v) is 7.64. The van der Waals surface area contributed by atoms with Crippen LogP contribution in [-0.4, -0.2) is 29.4 Å². The average molecular weight is 362 g/mol. The number of hydrogen-bond acceptors (Lipinski definition) is 3. The first-order valence-electron chi connectivity index (χ1n) is 6.84. The van der Waals surface area contributed by atoms with Crippen molar-refractivity contribution in [2.24, 2.45) is 0 Å². The Bertz CT molecular complexity index is 681. The molecule has 0 heterocycles. The van der Waals surface area contributed by atoms with Gasteiger partial charge in [0.1, 0.15) is 0 Å². The standard InChI is InChI=1S/C17H16BrNO3/c1-11(20)10-19-17(22)15-5-3-2-4-14(15)16(21)12-6-8-13(18)9-7-12/h2-9,11,20H,10H2,1H3,(H,19,22). The maximum atomic E-state index is 12.6. The fourth-order valence-corrected chi connectivity index (χ4v) is 2.24. The summed E-state index contributed by atoms with van der Waals surface area (Å²) >= 11 is 3.32. The molecule has 22 heavy (non-hydrogen) atoms. The number of carbonyl (C=O) groups excluding carboxylic acids is 2. The molecule has 2 aromatic rings. The Labute approximate surface area is 137 Å². The highest BCUT2D eigenvalue weighted by Crippen LogP contribution is 2.17. The van der Waals surface area contributed by atoms with E-state index in [1.165, 1.54) is 0 Å². The van der Waals surface area contributed by atoms with Crippen LogP contribution in [0, 0.1) is 0 Å². The number of hydrogen-bond donors (Lipinski definition) is 2. The van der Waals surface area contributed by atoms with Crippen LogP contribution in [-0.2, 0) is 0 Å². The molecule has 1 amide bonds. The molecular weight excluding hydrogens is 346 g/mol. The zero-order valence-corrected chi connectivity index (χ0v) is 13.6. The van der Waals surface area contributed by atoms with E-state index in [0.717, 1.165) is 4.47 Å². The van der Waals surface area contributed by atoms with Gasteiger partial charge in [0.2, 0.25) is 0 Å². The van der Waals surface area contributed by atoms with Crippen molar-refractivity contribution in [1.29, 1.82) is 0 Å².